The van der Waals surface area contributed by atoms with E-state index < -0.39 is 0 Å². The third-order valence-electron chi connectivity index (χ3n) is 5.20. The van der Waals surface area contributed by atoms with Crippen LogP contribution in [0.3, 0.4) is 0 Å². The smallest absolute Gasteiger partial charge is 0.273 e. The summed E-state index contributed by atoms with van der Waals surface area (Å²) in [6.07, 6.45) is 3.62. The molecule has 4 aliphatic rings. The van der Waals surface area contributed by atoms with Crippen LogP contribution in [0.2, 0.25) is 0 Å². The van der Waals surface area contributed by atoms with E-state index >= 15 is 0 Å². The van der Waals surface area contributed by atoms with Crippen LogP contribution in [0.1, 0.15) is 29.4 Å². The molecule has 4 saturated heterocycles. The third-order valence-corrected chi connectivity index (χ3v) is 5.20. The van der Waals surface area contributed by atoms with Crippen molar-refractivity contribution >= 4 is 5.91 Å². The molecule has 1 amide bonds. The second-order valence-corrected chi connectivity index (χ2v) is 6.63. The van der Waals surface area contributed by atoms with Gasteiger partial charge in [0.05, 0.1) is 12.2 Å². The van der Waals surface area contributed by atoms with Gasteiger partial charge in [-0.25, -0.2) is 4.68 Å². The zero-order valence-electron chi connectivity index (χ0n) is 13.4. The van der Waals surface area contributed by atoms with E-state index in [9.17, 15) is 4.79 Å². The SMILES string of the molecule is O=C(NCC1CN2CCN1CC2)c1cn(C2CCOCC2)nn1. The van der Waals surface area contributed by atoms with Crippen LogP contribution in [0, 0.1) is 0 Å². The first kappa shape index (κ1) is 15.0. The Balaban J connectivity index is 1.31. The largest absolute Gasteiger partial charge is 0.381 e. The van der Waals surface area contributed by atoms with Crippen molar-refractivity contribution in [1.82, 2.24) is 30.1 Å². The van der Waals surface area contributed by atoms with E-state index in [-0.39, 0.29) is 5.91 Å². The summed E-state index contributed by atoms with van der Waals surface area (Å²) in [6, 6.07) is 0.720. The first-order valence-corrected chi connectivity index (χ1v) is 8.54. The van der Waals surface area contributed by atoms with Crippen LogP contribution >= 0.6 is 0 Å². The van der Waals surface area contributed by atoms with E-state index in [2.05, 4.69) is 25.4 Å². The second kappa shape index (κ2) is 6.54. The van der Waals surface area contributed by atoms with Crippen LogP contribution in [0.5, 0.6) is 0 Å². The molecule has 1 unspecified atom stereocenters. The van der Waals surface area contributed by atoms with Gasteiger partial charge in [-0.2, -0.15) is 0 Å². The first-order chi connectivity index (χ1) is 11.3. The van der Waals surface area contributed by atoms with Gasteiger partial charge in [0.1, 0.15) is 0 Å². The van der Waals surface area contributed by atoms with Crippen LogP contribution in [-0.2, 0) is 4.74 Å². The van der Waals surface area contributed by atoms with Gasteiger partial charge < -0.3 is 10.1 Å². The summed E-state index contributed by atoms with van der Waals surface area (Å²) in [7, 11) is 0. The van der Waals surface area contributed by atoms with E-state index in [1.165, 1.54) is 0 Å². The number of ether oxygens (including phenoxy) is 1. The van der Waals surface area contributed by atoms with Crippen molar-refractivity contribution in [3.05, 3.63) is 11.9 Å². The normalized spacial score (nSPS) is 31.2. The molecular weight excluding hydrogens is 296 g/mol. The molecule has 126 valence electrons. The standard InChI is InChI=1S/C15H24N6O2/c22-15(16-9-13-10-19-3-5-20(13)6-4-19)14-11-21(18-17-14)12-1-7-23-8-2-12/h11-13H,1-10H2,(H,16,22). The molecule has 5 rings (SSSR count). The molecule has 0 aromatic carbocycles. The Hall–Kier alpha value is -1.51. The Morgan fingerprint density at radius 3 is 2.74 bits per heavy atom. The number of amides is 1. The number of aromatic nitrogens is 3. The molecule has 0 spiro atoms. The monoisotopic (exact) mass is 320 g/mol. The van der Waals surface area contributed by atoms with E-state index in [4.69, 9.17) is 4.74 Å². The van der Waals surface area contributed by atoms with E-state index in [0.29, 0.717) is 24.3 Å². The highest BCUT2D eigenvalue weighted by Crippen LogP contribution is 2.19. The Bertz CT molecular complexity index is 548. The Kier molecular flexibility index (Phi) is 4.28. The highest BCUT2D eigenvalue weighted by Gasteiger charge is 2.32. The van der Waals surface area contributed by atoms with Crippen LogP contribution in [0.15, 0.2) is 6.20 Å². The van der Waals surface area contributed by atoms with Gasteiger partial charge in [-0.05, 0) is 12.8 Å². The van der Waals surface area contributed by atoms with Gasteiger partial charge in [-0.1, -0.05) is 5.21 Å². The lowest BCUT2D eigenvalue weighted by molar-refractivity contribution is 0.0138. The zero-order valence-corrected chi connectivity index (χ0v) is 13.4. The van der Waals surface area contributed by atoms with Gasteiger partial charge >= 0.3 is 0 Å². The van der Waals surface area contributed by atoms with Gasteiger partial charge in [0.2, 0.25) is 0 Å². The molecule has 0 aliphatic carbocycles. The molecule has 1 aromatic rings. The average molecular weight is 320 g/mol. The summed E-state index contributed by atoms with van der Waals surface area (Å²) in [5.74, 6) is -0.124. The van der Waals surface area contributed by atoms with Crippen molar-refractivity contribution in [3.63, 3.8) is 0 Å². The topological polar surface area (TPSA) is 75.5 Å². The lowest BCUT2D eigenvalue weighted by Crippen LogP contribution is -2.63. The first-order valence-electron chi connectivity index (χ1n) is 8.54. The number of carbonyl (C=O) groups is 1. The summed E-state index contributed by atoms with van der Waals surface area (Å²) in [6.45, 7) is 7.77. The third kappa shape index (κ3) is 3.24. The summed E-state index contributed by atoms with van der Waals surface area (Å²) in [4.78, 5) is 17.2. The molecule has 4 aliphatic heterocycles. The fraction of sp³-hybridized carbons (Fsp3) is 0.800. The van der Waals surface area contributed by atoms with Crippen molar-refractivity contribution in [2.45, 2.75) is 24.9 Å². The quantitative estimate of drug-likeness (QED) is 0.795. The number of hydrogen-bond acceptors (Lipinski definition) is 6. The van der Waals surface area contributed by atoms with Crippen molar-refractivity contribution in [3.8, 4) is 0 Å². The van der Waals surface area contributed by atoms with Gasteiger partial charge in [0, 0.05) is 58.5 Å². The average Bonchev–Trinajstić information content (AvgIpc) is 3.12. The van der Waals surface area contributed by atoms with Gasteiger partial charge in [0.15, 0.2) is 5.69 Å². The number of nitrogens with one attached hydrogen (secondary N) is 1. The fourth-order valence-electron chi connectivity index (χ4n) is 3.73. The molecule has 23 heavy (non-hydrogen) atoms. The molecule has 2 bridgehead atoms. The molecule has 0 saturated carbocycles. The summed E-state index contributed by atoms with van der Waals surface area (Å²) in [5, 5.41) is 11.2. The predicted molar refractivity (Wildman–Crippen MR) is 83.2 cm³/mol. The number of fused-ring (bicyclic) bond motifs is 3. The number of nitrogens with zero attached hydrogens (tertiary/aromatic N) is 5. The highest BCUT2D eigenvalue weighted by molar-refractivity contribution is 5.91. The molecule has 1 aromatic heterocycles. The van der Waals surface area contributed by atoms with Gasteiger partial charge in [-0.3, -0.25) is 14.6 Å². The maximum absolute atomic E-state index is 12.3. The number of hydrogen-bond donors (Lipinski definition) is 1. The van der Waals surface area contributed by atoms with Crippen molar-refractivity contribution in [2.75, 3.05) is 52.5 Å². The zero-order chi connectivity index (χ0) is 15.6. The molecule has 8 nitrogen and oxygen atoms in total. The van der Waals surface area contributed by atoms with Crippen LogP contribution in [-0.4, -0.2) is 89.2 Å². The molecule has 8 heteroatoms. The number of piperazine rings is 3. The summed E-state index contributed by atoms with van der Waals surface area (Å²) in [5.41, 5.74) is 0.410. The fourth-order valence-corrected chi connectivity index (χ4v) is 3.73. The molecule has 1 N–H and O–H groups in total. The number of rotatable bonds is 4. The summed E-state index contributed by atoms with van der Waals surface area (Å²) < 4.78 is 7.17. The van der Waals surface area contributed by atoms with E-state index in [1.807, 2.05) is 4.68 Å². The van der Waals surface area contributed by atoms with E-state index in [0.717, 1.165) is 58.8 Å². The van der Waals surface area contributed by atoms with Crippen LogP contribution in [0.25, 0.3) is 0 Å². The van der Waals surface area contributed by atoms with Gasteiger partial charge in [-0.15, -0.1) is 5.10 Å². The van der Waals surface area contributed by atoms with Crippen molar-refractivity contribution < 1.29 is 9.53 Å². The van der Waals surface area contributed by atoms with Gasteiger partial charge in [0.25, 0.3) is 5.91 Å². The lowest BCUT2D eigenvalue weighted by atomic mass is 10.1. The minimum Gasteiger partial charge on any atom is -0.381 e. The minimum atomic E-state index is -0.124. The Morgan fingerprint density at radius 2 is 2.04 bits per heavy atom. The Labute approximate surface area is 135 Å². The lowest BCUT2D eigenvalue weighted by Gasteiger charge is -2.47. The van der Waals surface area contributed by atoms with E-state index in [1.54, 1.807) is 6.20 Å². The summed E-state index contributed by atoms with van der Waals surface area (Å²) >= 11 is 0. The minimum absolute atomic E-state index is 0.124. The van der Waals surface area contributed by atoms with Crippen LogP contribution in [0.4, 0.5) is 0 Å². The Morgan fingerprint density at radius 1 is 1.26 bits per heavy atom. The number of carbonyl (C=O) groups excluding carboxylic acids is 1. The maximum atomic E-state index is 12.3. The molecule has 0 radical (unpaired) electrons. The molecule has 4 fully saturated rings. The molecular formula is C15H24N6O2. The maximum Gasteiger partial charge on any atom is 0.273 e. The van der Waals surface area contributed by atoms with Crippen molar-refractivity contribution in [1.29, 1.82) is 0 Å². The van der Waals surface area contributed by atoms with Crippen molar-refractivity contribution in [2.24, 2.45) is 0 Å². The molecule has 5 heterocycles. The molecule has 1 atom stereocenters. The predicted octanol–water partition coefficient (Wildman–Crippen LogP) is -0.641. The second-order valence-electron chi connectivity index (χ2n) is 6.63. The highest BCUT2D eigenvalue weighted by atomic mass is 16.5. The van der Waals surface area contributed by atoms with Crippen LogP contribution < -0.4 is 5.32 Å².